The Labute approximate surface area is 156 Å². The van der Waals surface area contributed by atoms with Crippen LogP contribution < -0.4 is 16.6 Å². The van der Waals surface area contributed by atoms with Crippen molar-refractivity contribution in [3.63, 3.8) is 0 Å². The molecule has 6 atom stereocenters. The monoisotopic (exact) mass is 361 g/mol. The van der Waals surface area contributed by atoms with E-state index >= 15 is 0 Å². The predicted molar refractivity (Wildman–Crippen MR) is 104 cm³/mol. The number of nitrogens with two attached hydrogens (primary N) is 1. The summed E-state index contributed by atoms with van der Waals surface area (Å²) in [6, 6.07) is 0. The summed E-state index contributed by atoms with van der Waals surface area (Å²) in [5, 5.41) is 10.4. The highest BCUT2D eigenvalue weighted by Crippen LogP contribution is 2.64. The van der Waals surface area contributed by atoms with Crippen molar-refractivity contribution in [3.05, 3.63) is 23.4 Å². The molecule has 0 heterocycles. The van der Waals surface area contributed by atoms with Gasteiger partial charge < -0.3 is 16.3 Å². The van der Waals surface area contributed by atoms with E-state index in [0.29, 0.717) is 16.4 Å². The SMILES string of the molecule is C[C@]12CC[C@H](O)CC1=CC[C@@H]1[C@@H]2CC[C@@]2(C)C(NNC(N)=S)=CC[C@@H]12. The summed E-state index contributed by atoms with van der Waals surface area (Å²) >= 11 is 4.94. The maximum absolute atomic E-state index is 10.1. The highest BCUT2D eigenvalue weighted by Gasteiger charge is 2.56. The average Bonchev–Trinajstić information content (AvgIpc) is 2.90. The van der Waals surface area contributed by atoms with Crippen molar-refractivity contribution >= 4 is 17.3 Å². The third-order valence-corrected chi connectivity index (χ3v) is 8.08. The van der Waals surface area contributed by atoms with Gasteiger partial charge in [-0.05, 0) is 80.3 Å². The molecule has 25 heavy (non-hydrogen) atoms. The summed E-state index contributed by atoms with van der Waals surface area (Å²) in [4.78, 5) is 0. The van der Waals surface area contributed by atoms with E-state index in [1.807, 2.05) is 0 Å². The molecule has 0 amide bonds. The lowest BCUT2D eigenvalue weighted by atomic mass is 9.48. The van der Waals surface area contributed by atoms with Gasteiger partial charge in [-0.2, -0.15) is 0 Å². The van der Waals surface area contributed by atoms with Crippen LogP contribution in [0.1, 0.15) is 58.8 Å². The first kappa shape index (κ1) is 17.3. The molecule has 0 aliphatic heterocycles. The number of hydrazine groups is 1. The molecule has 2 saturated carbocycles. The van der Waals surface area contributed by atoms with Gasteiger partial charge in [0.15, 0.2) is 5.11 Å². The first-order valence-corrected chi connectivity index (χ1v) is 10.1. The standard InChI is InChI=1S/C20H31N3OS/c1-19-9-7-13(24)11-12(19)3-4-14-15-5-6-17(22-23-18(21)25)20(15,2)10-8-16(14)19/h3,6,13-16,22,24H,4-5,7-11H2,1-2H3,(H3,21,23,25)/t13-,14-,15-,16-,19-,20+/m0/s1. The summed E-state index contributed by atoms with van der Waals surface area (Å²) in [6.07, 6.45) is 12.5. The Morgan fingerprint density at radius 2 is 1.92 bits per heavy atom. The van der Waals surface area contributed by atoms with E-state index in [1.165, 1.54) is 30.5 Å². The molecular formula is C20H31N3OS. The van der Waals surface area contributed by atoms with Crippen molar-refractivity contribution in [2.75, 3.05) is 0 Å². The number of nitrogens with one attached hydrogen (secondary N) is 2. The number of hydrogen-bond donors (Lipinski definition) is 4. The fourth-order valence-electron chi connectivity index (χ4n) is 6.53. The maximum atomic E-state index is 10.1. The molecule has 5 N–H and O–H groups in total. The maximum Gasteiger partial charge on any atom is 0.182 e. The molecule has 0 bridgehead atoms. The number of hydrogen-bond acceptors (Lipinski definition) is 3. The molecule has 0 spiro atoms. The van der Waals surface area contributed by atoms with Crippen LogP contribution >= 0.6 is 12.2 Å². The summed E-state index contributed by atoms with van der Waals surface area (Å²) in [5.41, 5.74) is 15.1. The van der Waals surface area contributed by atoms with Crippen molar-refractivity contribution in [1.82, 2.24) is 10.9 Å². The summed E-state index contributed by atoms with van der Waals surface area (Å²) in [5.74, 6) is 2.18. The van der Waals surface area contributed by atoms with Crippen LogP contribution in [0.5, 0.6) is 0 Å². The van der Waals surface area contributed by atoms with Crippen LogP contribution in [0.25, 0.3) is 0 Å². The zero-order valence-corrected chi connectivity index (χ0v) is 16.2. The summed E-state index contributed by atoms with van der Waals surface area (Å²) in [7, 11) is 0. The van der Waals surface area contributed by atoms with Crippen LogP contribution in [0.3, 0.4) is 0 Å². The Bertz CT molecular complexity index is 645. The number of aliphatic hydroxyl groups excluding tert-OH is 1. The number of allylic oxidation sites excluding steroid dienone is 3. The quantitative estimate of drug-likeness (QED) is 0.346. The minimum Gasteiger partial charge on any atom is -0.393 e. The molecule has 0 saturated heterocycles. The second kappa shape index (κ2) is 5.98. The Morgan fingerprint density at radius 3 is 2.68 bits per heavy atom. The zero-order valence-electron chi connectivity index (χ0n) is 15.3. The van der Waals surface area contributed by atoms with Gasteiger partial charge in [-0.3, -0.25) is 5.43 Å². The fraction of sp³-hybridized carbons (Fsp3) is 0.750. The molecule has 4 aliphatic rings. The van der Waals surface area contributed by atoms with E-state index in [-0.39, 0.29) is 11.5 Å². The largest absolute Gasteiger partial charge is 0.393 e. The van der Waals surface area contributed by atoms with Gasteiger partial charge in [0.1, 0.15) is 0 Å². The zero-order chi connectivity index (χ0) is 17.8. The van der Waals surface area contributed by atoms with E-state index in [2.05, 4.69) is 36.9 Å². The first-order chi connectivity index (χ1) is 11.8. The number of fused-ring (bicyclic) bond motifs is 5. The second-order valence-electron chi connectivity index (χ2n) is 9.08. The van der Waals surface area contributed by atoms with Crippen LogP contribution in [-0.2, 0) is 0 Å². The molecule has 5 heteroatoms. The highest BCUT2D eigenvalue weighted by molar-refractivity contribution is 7.80. The normalized spacial score (nSPS) is 45.4. The van der Waals surface area contributed by atoms with E-state index in [9.17, 15) is 5.11 Å². The third kappa shape index (κ3) is 2.62. The Kier molecular flexibility index (Phi) is 4.15. The van der Waals surface area contributed by atoms with E-state index in [0.717, 1.165) is 37.5 Å². The van der Waals surface area contributed by atoms with Gasteiger partial charge in [0, 0.05) is 11.1 Å². The molecule has 138 valence electrons. The van der Waals surface area contributed by atoms with Crippen molar-refractivity contribution < 1.29 is 5.11 Å². The van der Waals surface area contributed by atoms with E-state index < -0.39 is 0 Å². The lowest BCUT2D eigenvalue weighted by Gasteiger charge is -2.57. The summed E-state index contributed by atoms with van der Waals surface area (Å²) < 4.78 is 0. The lowest BCUT2D eigenvalue weighted by molar-refractivity contribution is -0.0311. The minimum absolute atomic E-state index is 0.125. The Hall–Kier alpha value is -1.07. The smallest absolute Gasteiger partial charge is 0.182 e. The molecule has 4 nitrogen and oxygen atoms in total. The van der Waals surface area contributed by atoms with Crippen LogP contribution in [0.4, 0.5) is 0 Å². The fourth-order valence-corrected chi connectivity index (χ4v) is 6.58. The Morgan fingerprint density at radius 1 is 1.16 bits per heavy atom. The van der Waals surface area contributed by atoms with Crippen LogP contribution in [0.15, 0.2) is 23.4 Å². The molecule has 0 unspecified atom stereocenters. The summed E-state index contributed by atoms with van der Waals surface area (Å²) in [6.45, 7) is 4.88. The van der Waals surface area contributed by atoms with Crippen molar-refractivity contribution in [2.24, 2.45) is 34.3 Å². The van der Waals surface area contributed by atoms with Gasteiger partial charge in [-0.1, -0.05) is 31.6 Å². The van der Waals surface area contributed by atoms with Gasteiger partial charge in [0.25, 0.3) is 0 Å². The highest BCUT2D eigenvalue weighted by atomic mass is 32.1. The van der Waals surface area contributed by atoms with Gasteiger partial charge in [-0.25, -0.2) is 0 Å². The van der Waals surface area contributed by atoms with Gasteiger partial charge in [-0.15, -0.1) is 0 Å². The van der Waals surface area contributed by atoms with Crippen LogP contribution in [0, 0.1) is 28.6 Å². The van der Waals surface area contributed by atoms with Crippen molar-refractivity contribution in [1.29, 1.82) is 0 Å². The molecular weight excluding hydrogens is 330 g/mol. The molecule has 0 aromatic carbocycles. The molecule has 0 aromatic rings. The molecule has 0 radical (unpaired) electrons. The third-order valence-electron chi connectivity index (χ3n) is 7.98. The molecule has 0 aromatic heterocycles. The minimum atomic E-state index is -0.125. The van der Waals surface area contributed by atoms with E-state index in [1.54, 1.807) is 0 Å². The lowest BCUT2D eigenvalue weighted by Crippen LogP contribution is -2.52. The van der Waals surface area contributed by atoms with Crippen LogP contribution in [0.2, 0.25) is 0 Å². The van der Waals surface area contributed by atoms with E-state index in [4.69, 9.17) is 18.0 Å². The van der Waals surface area contributed by atoms with Crippen LogP contribution in [-0.4, -0.2) is 16.3 Å². The van der Waals surface area contributed by atoms with Crippen molar-refractivity contribution in [3.8, 4) is 0 Å². The average molecular weight is 362 g/mol. The molecule has 4 aliphatic carbocycles. The number of aliphatic hydroxyl groups is 1. The molecule has 2 fully saturated rings. The number of rotatable bonds is 2. The van der Waals surface area contributed by atoms with Gasteiger partial charge >= 0.3 is 0 Å². The van der Waals surface area contributed by atoms with Gasteiger partial charge in [0.05, 0.1) is 6.10 Å². The van der Waals surface area contributed by atoms with Crippen molar-refractivity contribution in [2.45, 2.75) is 64.9 Å². The number of thiocarbonyl (C=S) groups is 1. The topological polar surface area (TPSA) is 70.3 Å². The molecule has 4 rings (SSSR count). The first-order valence-electron chi connectivity index (χ1n) is 9.74. The predicted octanol–water partition coefficient (Wildman–Crippen LogP) is 3.14. The second-order valence-corrected chi connectivity index (χ2v) is 9.52. The van der Waals surface area contributed by atoms with Gasteiger partial charge in [0.2, 0.25) is 0 Å². The Balaban J connectivity index is 1.57.